The van der Waals surface area contributed by atoms with Crippen molar-refractivity contribution in [2.75, 3.05) is 43.5 Å². The summed E-state index contributed by atoms with van der Waals surface area (Å²) in [6.07, 6.45) is -1.77. The van der Waals surface area contributed by atoms with Gasteiger partial charge in [-0.3, -0.25) is 28.3 Å². The van der Waals surface area contributed by atoms with Crippen LogP contribution in [0.15, 0.2) is 21.1 Å². The molecule has 7 N–H and O–H groups in total. The number of anilines is 2. The molecule has 2 amide bonds. The maximum atomic E-state index is 13.8. The highest BCUT2D eigenvalue weighted by Crippen LogP contribution is 2.44. The van der Waals surface area contributed by atoms with Gasteiger partial charge in [0.1, 0.15) is 54.8 Å². The van der Waals surface area contributed by atoms with E-state index in [1.165, 1.54) is 24.6 Å². The number of hydrogen-bond acceptors (Lipinski definition) is 23. The van der Waals surface area contributed by atoms with Gasteiger partial charge in [0.25, 0.3) is 11.8 Å². The standard InChI is InChI=1S/C19H26F2N4O9S2.C15H18F2N4O9S2.CH2Cl2/c1-17(2,3)32-15(28)18(4,5)33-24-13(11-7-35-16(22)23-11)12(26)6-10-14(27)25(34-36(29,30)31)19(10,8-20)9-21;1-14(2,12(24)25)29-20-10(8-4-31-13(18)19-8)9(22)3-7-11(23)21(30-32(26,27)28)15(7,5-16)6-17;2-1-3/h7,10H,6,8-9H2,1-5H3,(H2,22,23)(H,29,30,31);4,7H,3,5-6H2,1-2H3,(H2,18,19)(H,24,25)(H,26,27,28);1H2/b24-13-;20-10-;/t10-;7-;/m11./s1. The van der Waals surface area contributed by atoms with Crippen LogP contribution in [0.4, 0.5) is 27.8 Å². The minimum absolute atomic E-state index is 0.00676. The molecule has 0 unspecified atom stereocenters. The minimum atomic E-state index is -5.29. The molecule has 71 heavy (non-hydrogen) atoms. The van der Waals surface area contributed by atoms with Gasteiger partial charge >= 0.3 is 32.7 Å². The number of ether oxygens (including phenoxy) is 1. The van der Waals surface area contributed by atoms with Crippen LogP contribution >= 0.6 is 45.9 Å². The minimum Gasteiger partial charge on any atom is -0.478 e. The molecule has 0 aromatic carbocycles. The number of nitrogens with zero attached hydrogens (tertiary/aromatic N) is 6. The summed E-state index contributed by atoms with van der Waals surface area (Å²) in [6.45, 7) is 3.21. The molecule has 2 aliphatic rings. The number of hydrogen-bond donors (Lipinski definition) is 5. The van der Waals surface area contributed by atoms with Crippen LogP contribution in [-0.4, -0.2) is 158 Å². The van der Waals surface area contributed by atoms with Crippen LogP contribution in [0.25, 0.3) is 0 Å². The highest BCUT2D eigenvalue weighted by molar-refractivity contribution is 7.81. The number of rotatable bonds is 22. The summed E-state index contributed by atoms with van der Waals surface area (Å²) in [7, 11) is -10.6. The van der Waals surface area contributed by atoms with E-state index in [0.717, 1.165) is 36.5 Å². The summed E-state index contributed by atoms with van der Waals surface area (Å²) >= 11 is 11.4. The van der Waals surface area contributed by atoms with E-state index in [4.69, 9.17) is 63.3 Å². The third-order valence-electron chi connectivity index (χ3n) is 9.34. The van der Waals surface area contributed by atoms with E-state index in [2.05, 4.69) is 28.8 Å². The van der Waals surface area contributed by atoms with E-state index in [1.54, 1.807) is 20.8 Å². The zero-order valence-corrected chi connectivity index (χ0v) is 42.7. The molecule has 0 aliphatic carbocycles. The lowest BCUT2D eigenvalue weighted by Gasteiger charge is -2.51. The van der Waals surface area contributed by atoms with E-state index >= 15 is 0 Å². The predicted molar refractivity (Wildman–Crippen MR) is 241 cm³/mol. The fourth-order valence-electron chi connectivity index (χ4n) is 5.59. The van der Waals surface area contributed by atoms with Crippen molar-refractivity contribution in [2.24, 2.45) is 22.1 Å². The molecule has 0 saturated carbocycles. The maximum absolute atomic E-state index is 13.8. The van der Waals surface area contributed by atoms with Crippen molar-refractivity contribution >= 4 is 124 Å². The number of β-lactam (4-membered cyclic amide) rings is 2. The van der Waals surface area contributed by atoms with Gasteiger partial charge in [-0.2, -0.15) is 27.0 Å². The number of aromatic nitrogens is 2. The first-order valence-electron chi connectivity index (χ1n) is 19.3. The van der Waals surface area contributed by atoms with E-state index in [0.29, 0.717) is 0 Å². The molecular formula is C35H46Cl2F4N8O18S4. The first-order chi connectivity index (χ1) is 32.5. The number of esters is 1. The number of oxime groups is 2. The maximum Gasteiger partial charge on any atom is 0.418 e. The van der Waals surface area contributed by atoms with Crippen LogP contribution in [0.1, 0.15) is 72.7 Å². The Bertz CT molecular complexity index is 2590. The smallest absolute Gasteiger partial charge is 0.418 e. The lowest BCUT2D eigenvalue weighted by Crippen LogP contribution is -2.73. The number of carboxylic acid groups (broad SMARTS) is 1. The third kappa shape index (κ3) is 15.8. The lowest BCUT2D eigenvalue weighted by atomic mass is 9.73. The fourth-order valence-corrected chi connectivity index (χ4v) is 7.51. The number of carbonyl (C=O) groups excluding carboxylic acids is 5. The van der Waals surface area contributed by atoms with Crippen LogP contribution in [0.3, 0.4) is 0 Å². The van der Waals surface area contributed by atoms with Gasteiger partial charge in [0, 0.05) is 23.6 Å². The molecule has 0 radical (unpaired) electrons. The number of alkyl halides is 6. The molecule has 2 saturated heterocycles. The monoisotopic (exact) mass is 1140 g/mol. The zero-order valence-electron chi connectivity index (χ0n) is 38.0. The van der Waals surface area contributed by atoms with Crippen molar-refractivity contribution in [3.05, 3.63) is 22.1 Å². The first-order valence-corrected chi connectivity index (χ1v) is 24.9. The number of nitrogens with two attached hydrogens (primary N) is 2. The van der Waals surface area contributed by atoms with Gasteiger partial charge in [0.2, 0.25) is 11.2 Å². The van der Waals surface area contributed by atoms with Crippen molar-refractivity contribution in [3.63, 3.8) is 0 Å². The zero-order chi connectivity index (χ0) is 54.9. The van der Waals surface area contributed by atoms with Crippen LogP contribution in [0, 0.1) is 11.8 Å². The number of thiazole rings is 2. The number of ketones is 2. The summed E-state index contributed by atoms with van der Waals surface area (Å²) in [5.74, 6) is -10.3. The van der Waals surface area contributed by atoms with Gasteiger partial charge in [-0.25, -0.2) is 37.1 Å². The average molecular weight is 1140 g/mol. The van der Waals surface area contributed by atoms with Gasteiger partial charge < -0.3 is 31.0 Å². The number of carboxylic acids is 1. The number of carbonyl (C=O) groups is 6. The normalized spacial score (nSPS) is 18.2. The van der Waals surface area contributed by atoms with Crippen LogP contribution in [0.5, 0.6) is 0 Å². The summed E-state index contributed by atoms with van der Waals surface area (Å²) in [5, 5.41) is 18.8. The number of amides is 2. The van der Waals surface area contributed by atoms with Crippen LogP contribution in [-0.2, 0) is 72.5 Å². The van der Waals surface area contributed by atoms with Crippen LogP contribution < -0.4 is 11.5 Å². The highest BCUT2D eigenvalue weighted by Gasteiger charge is 2.65. The molecule has 26 nitrogen and oxygen atoms in total. The van der Waals surface area contributed by atoms with E-state index in [1.807, 2.05) is 0 Å². The molecule has 0 spiro atoms. The number of Topliss-reactive ketones (excluding diaryl/α,β-unsaturated/α-hetero) is 2. The molecule has 4 heterocycles. The SMILES string of the molecule is CC(C)(C)OC(=O)C(C)(C)O/N=C(\C(=O)C[C@@H]1C(=O)N(OS(=O)(=O)O)C1(CF)CF)c1csc(N)n1.CC(C)(O/N=C(\C(=O)C[C@@H]1C(=O)N(OS(=O)(=O)O)C1(CF)CF)c1csc(N)n1)C(=O)O.ClCCl. The Morgan fingerprint density at radius 2 is 1.04 bits per heavy atom. The Hall–Kier alpha value is -4.94. The average Bonchev–Trinajstić information content (AvgIpc) is 3.89. The van der Waals surface area contributed by atoms with Gasteiger partial charge in [0.05, 0.1) is 17.2 Å². The molecule has 400 valence electrons. The first kappa shape index (κ1) is 62.2. The molecule has 4 rings (SSSR count). The Kier molecular flexibility index (Phi) is 21.2. The van der Waals surface area contributed by atoms with E-state index < -0.39 is 147 Å². The lowest BCUT2D eigenvalue weighted by molar-refractivity contribution is -0.243. The van der Waals surface area contributed by atoms with Crippen LogP contribution in [0.2, 0.25) is 0 Å². The second kappa shape index (κ2) is 24.2. The second-order valence-electron chi connectivity index (χ2n) is 16.5. The summed E-state index contributed by atoms with van der Waals surface area (Å²) in [4.78, 5) is 92.1. The molecule has 2 aromatic heterocycles. The Morgan fingerprint density at radius 1 is 0.718 bits per heavy atom. The summed E-state index contributed by atoms with van der Waals surface area (Å²) in [6, 6.07) is 0. The van der Waals surface area contributed by atoms with Gasteiger partial charge in [0.15, 0.2) is 33.3 Å². The summed E-state index contributed by atoms with van der Waals surface area (Å²) in [5.41, 5.74) is 0.357. The van der Waals surface area contributed by atoms with E-state index in [-0.39, 0.29) is 37.1 Å². The Balaban J connectivity index is 0.000000464. The van der Waals surface area contributed by atoms with Crippen molar-refractivity contribution < 1.29 is 100 Å². The molecule has 2 fully saturated rings. The second-order valence-corrected chi connectivity index (χ2v) is 21.1. The Morgan fingerprint density at radius 3 is 1.30 bits per heavy atom. The number of nitrogen functional groups attached to an aromatic ring is 2. The van der Waals surface area contributed by atoms with Crippen molar-refractivity contribution in [1.29, 1.82) is 0 Å². The topological polar surface area (TPSA) is 387 Å². The predicted octanol–water partition coefficient (Wildman–Crippen LogP) is 2.96. The molecule has 2 aromatic rings. The van der Waals surface area contributed by atoms with Crippen molar-refractivity contribution in [3.8, 4) is 0 Å². The van der Waals surface area contributed by atoms with Crippen molar-refractivity contribution in [1.82, 2.24) is 20.1 Å². The van der Waals surface area contributed by atoms with Gasteiger partial charge in [-0.15, -0.1) is 54.4 Å². The fraction of sp³-hybridized carbons (Fsp3) is 0.600. The van der Waals surface area contributed by atoms with Gasteiger partial charge in [-0.05, 0) is 48.5 Å². The molecule has 2 aliphatic heterocycles. The number of halogens is 6. The van der Waals surface area contributed by atoms with E-state index in [9.17, 15) is 63.2 Å². The highest BCUT2D eigenvalue weighted by atomic mass is 35.5. The van der Waals surface area contributed by atoms with Gasteiger partial charge in [-0.1, -0.05) is 10.3 Å². The Labute approximate surface area is 419 Å². The number of hydroxylamine groups is 4. The van der Waals surface area contributed by atoms with Crippen molar-refractivity contribution in [2.45, 2.75) is 89.2 Å². The molecular weight excluding hydrogens is 1100 g/mol. The molecule has 36 heteroatoms. The number of aliphatic carboxylic acids is 1. The molecule has 2 atom stereocenters. The third-order valence-corrected chi connectivity index (χ3v) is 11.4. The largest absolute Gasteiger partial charge is 0.478 e. The quantitative estimate of drug-likeness (QED) is 0.0215. The summed E-state index contributed by atoms with van der Waals surface area (Å²) < 4.78 is 129. The molecule has 0 bridgehead atoms.